The Labute approximate surface area is 195 Å². The number of pyridine rings is 1. The average Bonchev–Trinajstić information content (AvgIpc) is 3.38. The van der Waals surface area contributed by atoms with Crippen LogP contribution in [0.1, 0.15) is 63.1 Å². The zero-order chi connectivity index (χ0) is 23.4. The van der Waals surface area contributed by atoms with Crippen LogP contribution in [-0.4, -0.2) is 41.7 Å². The largest absolute Gasteiger partial charge is 0.450 e. The summed E-state index contributed by atoms with van der Waals surface area (Å²) in [4.78, 5) is 20.4. The van der Waals surface area contributed by atoms with E-state index < -0.39 is 0 Å². The van der Waals surface area contributed by atoms with Gasteiger partial charge in [0, 0.05) is 40.3 Å². The number of alkyl carbamates (subject to hydrolysis) is 1. The molecule has 1 saturated heterocycles. The molecule has 1 amide bonds. The van der Waals surface area contributed by atoms with Crippen LogP contribution in [0, 0.1) is 17.5 Å². The van der Waals surface area contributed by atoms with E-state index in [0.717, 1.165) is 49.3 Å². The standard InChI is InChI=1S/C25H36FN3O2S/c1-6-15-31-23(30)28-19(3)25(12-11-21-9-10-22(26)32-21)13-14-29(17-25)24(4,5)20-8-7-18(2)27-16-20/h7-10,16,19H,6,11-15,17H2,1-5H3,(H,28,30)/t19-,25?/m0/s1. The van der Waals surface area contributed by atoms with E-state index in [4.69, 9.17) is 4.74 Å². The first-order chi connectivity index (χ1) is 15.2. The molecule has 1 unspecified atom stereocenters. The minimum absolute atomic E-state index is 0.0615. The molecule has 1 fully saturated rings. The predicted octanol–water partition coefficient (Wildman–Crippen LogP) is 5.68. The molecule has 0 aliphatic carbocycles. The third kappa shape index (κ3) is 5.67. The van der Waals surface area contributed by atoms with Gasteiger partial charge in [0.25, 0.3) is 0 Å². The molecule has 1 N–H and O–H groups in total. The van der Waals surface area contributed by atoms with Crippen LogP contribution in [0.4, 0.5) is 9.18 Å². The maximum Gasteiger partial charge on any atom is 0.407 e. The van der Waals surface area contributed by atoms with E-state index in [0.29, 0.717) is 6.61 Å². The van der Waals surface area contributed by atoms with Gasteiger partial charge in [-0.2, -0.15) is 4.39 Å². The maximum absolute atomic E-state index is 13.5. The van der Waals surface area contributed by atoms with Crippen LogP contribution in [0.2, 0.25) is 0 Å². The molecule has 0 bridgehead atoms. The summed E-state index contributed by atoms with van der Waals surface area (Å²) in [7, 11) is 0. The summed E-state index contributed by atoms with van der Waals surface area (Å²) in [6.45, 7) is 12.7. The van der Waals surface area contributed by atoms with Gasteiger partial charge < -0.3 is 10.1 Å². The van der Waals surface area contributed by atoms with Crippen molar-refractivity contribution in [1.29, 1.82) is 0 Å². The van der Waals surface area contributed by atoms with Crippen LogP contribution in [0.3, 0.4) is 0 Å². The first-order valence-corrected chi connectivity index (χ1v) is 12.3. The number of carbonyl (C=O) groups excluding carboxylic acids is 1. The summed E-state index contributed by atoms with van der Waals surface area (Å²) in [5.41, 5.74) is 1.88. The Balaban J connectivity index is 1.79. The monoisotopic (exact) mass is 461 g/mol. The van der Waals surface area contributed by atoms with Gasteiger partial charge in [0.1, 0.15) is 0 Å². The molecule has 0 aromatic carbocycles. The second-order valence-electron chi connectivity index (χ2n) is 9.49. The molecular weight excluding hydrogens is 425 g/mol. The predicted molar refractivity (Wildman–Crippen MR) is 127 cm³/mol. The second-order valence-corrected chi connectivity index (χ2v) is 10.6. The van der Waals surface area contributed by atoms with E-state index in [-0.39, 0.29) is 28.2 Å². The van der Waals surface area contributed by atoms with Gasteiger partial charge in [0.05, 0.1) is 6.61 Å². The van der Waals surface area contributed by atoms with Gasteiger partial charge in [0.15, 0.2) is 5.13 Å². The molecule has 7 heteroatoms. The first kappa shape index (κ1) is 24.6. The smallest absolute Gasteiger partial charge is 0.407 e. The van der Waals surface area contributed by atoms with Crippen molar-refractivity contribution in [2.75, 3.05) is 19.7 Å². The van der Waals surface area contributed by atoms with Gasteiger partial charge in [-0.05, 0) is 83.7 Å². The summed E-state index contributed by atoms with van der Waals surface area (Å²) < 4.78 is 18.8. The van der Waals surface area contributed by atoms with Crippen molar-refractivity contribution >= 4 is 17.4 Å². The van der Waals surface area contributed by atoms with Gasteiger partial charge in [-0.15, -0.1) is 11.3 Å². The number of ether oxygens (including phenoxy) is 1. The van der Waals surface area contributed by atoms with Crippen molar-refractivity contribution in [1.82, 2.24) is 15.2 Å². The Morgan fingerprint density at radius 1 is 1.38 bits per heavy atom. The molecule has 2 aromatic rings. The number of nitrogens with one attached hydrogen (secondary N) is 1. The highest BCUT2D eigenvalue weighted by Crippen LogP contribution is 2.44. The lowest BCUT2D eigenvalue weighted by Gasteiger charge is -2.40. The maximum atomic E-state index is 13.5. The van der Waals surface area contributed by atoms with Gasteiger partial charge in [-0.25, -0.2) is 4.79 Å². The number of nitrogens with zero attached hydrogens (tertiary/aromatic N) is 2. The number of hydrogen-bond donors (Lipinski definition) is 1. The van der Waals surface area contributed by atoms with Gasteiger partial charge in [-0.1, -0.05) is 13.0 Å². The molecule has 3 heterocycles. The highest BCUT2D eigenvalue weighted by Gasteiger charge is 2.47. The summed E-state index contributed by atoms with van der Waals surface area (Å²) in [6.07, 6.45) is 5.03. The number of hydrogen-bond acceptors (Lipinski definition) is 5. The molecule has 1 aliphatic heterocycles. The van der Waals surface area contributed by atoms with Crippen LogP contribution < -0.4 is 5.32 Å². The summed E-state index contributed by atoms with van der Waals surface area (Å²) in [5, 5.41) is 2.94. The van der Waals surface area contributed by atoms with E-state index in [2.05, 4.69) is 48.1 Å². The number of rotatable bonds is 9. The Hall–Kier alpha value is -1.99. The van der Waals surface area contributed by atoms with E-state index in [1.54, 1.807) is 0 Å². The molecule has 2 aromatic heterocycles. The molecule has 176 valence electrons. The van der Waals surface area contributed by atoms with Crippen molar-refractivity contribution in [2.45, 2.75) is 71.9 Å². The molecule has 5 nitrogen and oxygen atoms in total. The number of thiophene rings is 1. The van der Waals surface area contributed by atoms with Gasteiger partial charge in [-0.3, -0.25) is 9.88 Å². The first-order valence-electron chi connectivity index (χ1n) is 11.5. The zero-order valence-electron chi connectivity index (χ0n) is 19.9. The van der Waals surface area contributed by atoms with E-state index in [1.807, 2.05) is 26.1 Å². The normalized spacial score (nSPS) is 20.3. The fourth-order valence-corrected chi connectivity index (χ4v) is 5.31. The Morgan fingerprint density at radius 3 is 2.78 bits per heavy atom. The number of carbonyl (C=O) groups is 1. The lowest BCUT2D eigenvalue weighted by atomic mass is 9.76. The van der Waals surface area contributed by atoms with Gasteiger partial charge >= 0.3 is 6.09 Å². The SMILES string of the molecule is CCCOC(=O)N[C@@H](C)C1(CCc2ccc(F)s2)CCN(C(C)(C)c2ccc(C)nc2)C1. The number of likely N-dealkylation sites (tertiary alicyclic amines) is 1. The van der Waals surface area contributed by atoms with E-state index >= 15 is 0 Å². The number of aromatic nitrogens is 1. The molecule has 1 aliphatic rings. The topological polar surface area (TPSA) is 54.5 Å². The minimum Gasteiger partial charge on any atom is -0.450 e. The van der Waals surface area contributed by atoms with Gasteiger partial charge in [0.2, 0.25) is 0 Å². The van der Waals surface area contributed by atoms with Crippen LogP contribution in [0.15, 0.2) is 30.5 Å². The van der Waals surface area contributed by atoms with Crippen LogP contribution in [0.5, 0.6) is 0 Å². The summed E-state index contributed by atoms with van der Waals surface area (Å²) in [6, 6.07) is 7.55. The zero-order valence-corrected chi connectivity index (χ0v) is 20.7. The van der Waals surface area contributed by atoms with Crippen molar-refractivity contribution in [2.24, 2.45) is 5.41 Å². The lowest BCUT2D eigenvalue weighted by molar-refractivity contribution is 0.101. The van der Waals surface area contributed by atoms with Crippen molar-refractivity contribution in [3.05, 3.63) is 51.7 Å². The Kier molecular flexibility index (Phi) is 7.93. The van der Waals surface area contributed by atoms with Crippen LogP contribution in [0.25, 0.3) is 0 Å². The molecule has 0 saturated carbocycles. The fourth-order valence-electron chi connectivity index (χ4n) is 4.58. The average molecular weight is 462 g/mol. The Bertz CT molecular complexity index is 899. The number of aryl methyl sites for hydroxylation is 2. The third-order valence-corrected chi connectivity index (χ3v) is 7.92. The molecule has 2 atom stereocenters. The van der Waals surface area contributed by atoms with E-state index in [1.165, 1.54) is 23.0 Å². The number of amides is 1. The highest BCUT2D eigenvalue weighted by molar-refractivity contribution is 7.10. The second kappa shape index (κ2) is 10.3. The summed E-state index contributed by atoms with van der Waals surface area (Å²) >= 11 is 1.21. The molecular formula is C25H36FN3O2S. The van der Waals surface area contributed by atoms with Crippen LogP contribution >= 0.6 is 11.3 Å². The molecule has 0 spiro atoms. The van der Waals surface area contributed by atoms with Crippen molar-refractivity contribution < 1.29 is 13.9 Å². The number of halogens is 1. The third-order valence-electron chi connectivity index (χ3n) is 6.98. The molecule has 3 rings (SSSR count). The summed E-state index contributed by atoms with van der Waals surface area (Å²) in [5.74, 6) is 0. The molecule has 32 heavy (non-hydrogen) atoms. The highest BCUT2D eigenvalue weighted by atomic mass is 32.1. The fraction of sp³-hybridized carbons (Fsp3) is 0.600. The lowest BCUT2D eigenvalue weighted by Crippen LogP contribution is -2.49. The quantitative estimate of drug-likeness (QED) is 0.522. The Morgan fingerprint density at radius 2 is 2.16 bits per heavy atom. The van der Waals surface area contributed by atoms with Crippen LogP contribution in [-0.2, 0) is 16.7 Å². The van der Waals surface area contributed by atoms with Crippen molar-refractivity contribution in [3.63, 3.8) is 0 Å². The molecule has 0 radical (unpaired) electrons. The minimum atomic E-state index is -0.360. The van der Waals surface area contributed by atoms with Crippen molar-refractivity contribution in [3.8, 4) is 0 Å². The van der Waals surface area contributed by atoms with E-state index in [9.17, 15) is 9.18 Å².